The molecule has 2 aliphatic rings. The van der Waals surface area contributed by atoms with E-state index in [0.717, 1.165) is 35.1 Å². The second-order valence-corrected chi connectivity index (χ2v) is 12.4. The summed E-state index contributed by atoms with van der Waals surface area (Å²) in [6.45, 7) is 2.78. The van der Waals surface area contributed by atoms with Gasteiger partial charge < -0.3 is 10.1 Å². The molecule has 3 amide bonds. The maximum Gasteiger partial charge on any atom is 0.293 e. The van der Waals surface area contributed by atoms with Gasteiger partial charge >= 0.3 is 0 Å². The van der Waals surface area contributed by atoms with Gasteiger partial charge in [-0.05, 0) is 72.5 Å². The molecule has 1 atom stereocenters. The molecule has 38 heavy (non-hydrogen) atoms. The highest BCUT2D eigenvalue weighted by molar-refractivity contribution is 8.18. The Hall–Kier alpha value is -2.86. The Morgan fingerprint density at radius 3 is 2.63 bits per heavy atom. The minimum absolute atomic E-state index is 0.00103. The van der Waals surface area contributed by atoms with Gasteiger partial charge in [-0.2, -0.15) is 4.31 Å². The normalized spacial score (nSPS) is 19.7. The molecule has 0 aliphatic carbocycles. The maximum atomic E-state index is 13.2. The predicted octanol–water partition coefficient (Wildman–Crippen LogP) is 4.24. The molecule has 0 radical (unpaired) electrons. The molecule has 202 valence electrons. The van der Waals surface area contributed by atoms with Gasteiger partial charge in [-0.15, -0.1) is 0 Å². The van der Waals surface area contributed by atoms with Gasteiger partial charge in [0.1, 0.15) is 10.6 Å². The Balaban J connectivity index is 1.39. The van der Waals surface area contributed by atoms with Gasteiger partial charge in [0, 0.05) is 31.7 Å². The second-order valence-electron chi connectivity index (χ2n) is 9.12. The smallest absolute Gasteiger partial charge is 0.293 e. The number of ether oxygens (including phenoxy) is 1. The van der Waals surface area contributed by atoms with Gasteiger partial charge in [-0.3, -0.25) is 19.3 Å². The lowest BCUT2D eigenvalue weighted by molar-refractivity contribution is -0.122. The van der Waals surface area contributed by atoms with E-state index in [1.165, 1.54) is 22.5 Å². The van der Waals surface area contributed by atoms with Crippen LogP contribution in [0.15, 0.2) is 52.3 Å². The van der Waals surface area contributed by atoms with Crippen molar-refractivity contribution in [2.45, 2.75) is 24.7 Å². The van der Waals surface area contributed by atoms with Crippen LogP contribution in [0.1, 0.15) is 35.7 Å². The minimum Gasteiger partial charge on any atom is -0.497 e. The maximum absolute atomic E-state index is 13.2. The van der Waals surface area contributed by atoms with Crippen LogP contribution in [-0.4, -0.2) is 68.0 Å². The third kappa shape index (κ3) is 6.23. The Bertz CT molecular complexity index is 1380. The van der Waals surface area contributed by atoms with Gasteiger partial charge in [0.05, 0.1) is 17.0 Å². The summed E-state index contributed by atoms with van der Waals surface area (Å²) >= 11 is 7.05. The number of rotatable bonds is 8. The highest BCUT2D eigenvalue weighted by Gasteiger charge is 2.35. The van der Waals surface area contributed by atoms with Crippen LogP contribution in [0.2, 0.25) is 5.02 Å². The van der Waals surface area contributed by atoms with Crippen molar-refractivity contribution < 1.29 is 27.5 Å². The Morgan fingerprint density at radius 2 is 1.95 bits per heavy atom. The molecule has 0 spiro atoms. The second kappa shape index (κ2) is 11.9. The van der Waals surface area contributed by atoms with Crippen molar-refractivity contribution in [1.82, 2.24) is 14.5 Å². The van der Waals surface area contributed by atoms with Crippen molar-refractivity contribution in [2.75, 3.05) is 33.3 Å². The first-order chi connectivity index (χ1) is 18.1. The standard InChI is InChI=1S/C26H28ClN3O6S2/c1-17-4-3-12-29(16-17)38(34,35)23-15-19(7-10-21(23)27)24(31)28-11-13-30-25(32)22(37-26(30)33)14-18-5-8-20(36-2)9-6-18/h5-10,14-15,17H,3-4,11-13,16H2,1-2H3,(H,28,31)/b22-14+/t17-/m1/s1. The zero-order valence-corrected chi connectivity index (χ0v) is 23.4. The van der Waals surface area contributed by atoms with Crippen LogP contribution in [0.3, 0.4) is 0 Å². The largest absolute Gasteiger partial charge is 0.497 e. The number of amides is 3. The molecule has 2 aromatic rings. The van der Waals surface area contributed by atoms with Gasteiger partial charge in [0.25, 0.3) is 17.1 Å². The number of imide groups is 1. The first-order valence-electron chi connectivity index (χ1n) is 12.1. The fraction of sp³-hybridized carbons (Fsp3) is 0.346. The van der Waals surface area contributed by atoms with E-state index in [0.29, 0.717) is 18.8 Å². The number of carbonyl (C=O) groups excluding carboxylic acids is 3. The zero-order chi connectivity index (χ0) is 27.4. The van der Waals surface area contributed by atoms with Crippen molar-refractivity contribution in [3.8, 4) is 5.75 Å². The van der Waals surface area contributed by atoms with Gasteiger partial charge in [-0.1, -0.05) is 30.7 Å². The van der Waals surface area contributed by atoms with Crippen LogP contribution >= 0.6 is 23.4 Å². The summed E-state index contributed by atoms with van der Waals surface area (Å²) in [6.07, 6.45) is 3.35. The number of halogens is 1. The van der Waals surface area contributed by atoms with E-state index < -0.39 is 27.1 Å². The first kappa shape index (κ1) is 28.2. The fourth-order valence-corrected chi connectivity index (χ4v) is 7.24. The Morgan fingerprint density at radius 1 is 1.21 bits per heavy atom. The van der Waals surface area contributed by atoms with E-state index in [1.807, 2.05) is 6.92 Å². The Labute approximate surface area is 231 Å². The molecule has 2 heterocycles. The lowest BCUT2D eigenvalue weighted by Gasteiger charge is -2.30. The van der Waals surface area contributed by atoms with Crippen LogP contribution in [0, 0.1) is 5.92 Å². The SMILES string of the molecule is COc1ccc(/C=C2/SC(=O)N(CCNC(=O)c3ccc(Cl)c(S(=O)(=O)N4CCC[C@@H](C)C4)c3)C2=O)cc1. The topological polar surface area (TPSA) is 113 Å². The molecule has 2 aliphatic heterocycles. The molecular formula is C26H28ClN3O6S2. The molecule has 9 nitrogen and oxygen atoms in total. The number of nitrogens with one attached hydrogen (secondary N) is 1. The van der Waals surface area contributed by atoms with Crippen molar-refractivity contribution in [3.05, 3.63) is 63.5 Å². The molecule has 4 rings (SSSR count). The number of piperidine rings is 1. The minimum atomic E-state index is -3.86. The van der Waals surface area contributed by atoms with Crippen LogP contribution in [-0.2, 0) is 14.8 Å². The van der Waals surface area contributed by atoms with Gasteiger partial charge in [0.15, 0.2) is 0 Å². The van der Waals surface area contributed by atoms with E-state index in [2.05, 4.69) is 5.32 Å². The van der Waals surface area contributed by atoms with Crippen molar-refractivity contribution in [1.29, 1.82) is 0 Å². The monoisotopic (exact) mass is 577 g/mol. The number of nitrogens with zero attached hydrogens (tertiary/aromatic N) is 2. The van der Waals surface area contributed by atoms with E-state index in [4.69, 9.17) is 16.3 Å². The number of thioether (sulfide) groups is 1. The highest BCUT2D eigenvalue weighted by atomic mass is 35.5. The summed E-state index contributed by atoms with van der Waals surface area (Å²) in [6, 6.07) is 11.2. The summed E-state index contributed by atoms with van der Waals surface area (Å²) in [4.78, 5) is 39.2. The summed E-state index contributed by atoms with van der Waals surface area (Å²) in [5.41, 5.74) is 0.865. The molecular weight excluding hydrogens is 550 g/mol. The average Bonchev–Trinajstić information content (AvgIpc) is 3.16. The molecule has 12 heteroatoms. The van der Waals surface area contributed by atoms with Crippen LogP contribution in [0.5, 0.6) is 5.75 Å². The molecule has 2 aromatic carbocycles. The van der Waals surface area contributed by atoms with Crippen LogP contribution < -0.4 is 10.1 Å². The molecule has 0 saturated carbocycles. The summed E-state index contributed by atoms with van der Waals surface area (Å²) in [7, 11) is -2.30. The van der Waals surface area contributed by atoms with E-state index in [9.17, 15) is 22.8 Å². The van der Waals surface area contributed by atoms with Crippen LogP contribution in [0.4, 0.5) is 4.79 Å². The van der Waals surface area contributed by atoms with Crippen LogP contribution in [0.25, 0.3) is 6.08 Å². The molecule has 0 aromatic heterocycles. The molecule has 0 bridgehead atoms. The molecule has 0 unspecified atom stereocenters. The van der Waals surface area contributed by atoms with Crippen molar-refractivity contribution in [3.63, 3.8) is 0 Å². The quantitative estimate of drug-likeness (QED) is 0.467. The lowest BCUT2D eigenvalue weighted by atomic mass is 10.0. The number of methoxy groups -OCH3 is 1. The molecule has 2 saturated heterocycles. The van der Waals surface area contributed by atoms with E-state index >= 15 is 0 Å². The highest BCUT2D eigenvalue weighted by Crippen LogP contribution is 2.32. The summed E-state index contributed by atoms with van der Waals surface area (Å²) < 4.78 is 32.9. The van der Waals surface area contributed by atoms with E-state index in [-0.39, 0.29) is 39.4 Å². The third-order valence-corrected chi connectivity index (χ3v) is 9.59. The lowest BCUT2D eigenvalue weighted by Crippen LogP contribution is -2.39. The summed E-state index contributed by atoms with van der Waals surface area (Å²) in [5.74, 6) is -0.0615. The number of sulfonamides is 1. The van der Waals surface area contributed by atoms with Gasteiger partial charge in [-0.25, -0.2) is 8.42 Å². The predicted molar refractivity (Wildman–Crippen MR) is 147 cm³/mol. The van der Waals surface area contributed by atoms with Crippen molar-refractivity contribution in [2.24, 2.45) is 5.92 Å². The number of carbonyl (C=O) groups is 3. The summed E-state index contributed by atoms with van der Waals surface area (Å²) in [5, 5.41) is 2.26. The van der Waals surface area contributed by atoms with E-state index in [1.54, 1.807) is 37.5 Å². The fourth-order valence-electron chi connectivity index (χ4n) is 4.27. The number of hydrogen-bond acceptors (Lipinski definition) is 7. The van der Waals surface area contributed by atoms with Crippen molar-refractivity contribution >= 4 is 56.5 Å². The number of benzene rings is 2. The van der Waals surface area contributed by atoms with Gasteiger partial charge in [0.2, 0.25) is 10.0 Å². The molecule has 1 N–H and O–H groups in total. The first-order valence-corrected chi connectivity index (χ1v) is 14.7. The average molecular weight is 578 g/mol. The Kier molecular flexibility index (Phi) is 8.81. The third-order valence-electron chi connectivity index (χ3n) is 6.34. The zero-order valence-electron chi connectivity index (χ0n) is 21.0. The number of hydrogen-bond donors (Lipinski definition) is 1. The molecule has 2 fully saturated rings.